The molecule has 0 heterocycles. The van der Waals surface area contributed by atoms with E-state index < -0.39 is 29.3 Å². The second-order valence-corrected chi connectivity index (χ2v) is 6.48. The summed E-state index contributed by atoms with van der Waals surface area (Å²) in [6.07, 6.45) is -5.30. The molecule has 0 aliphatic carbocycles. The highest BCUT2D eigenvalue weighted by Gasteiger charge is 2.62. The lowest BCUT2D eigenvalue weighted by Crippen LogP contribution is -2.50. The Labute approximate surface area is 169 Å². The summed E-state index contributed by atoms with van der Waals surface area (Å²) in [6, 6.07) is 8.72. The number of urea groups is 1. The van der Waals surface area contributed by atoms with Gasteiger partial charge in [-0.1, -0.05) is 29.8 Å². The van der Waals surface area contributed by atoms with Crippen molar-refractivity contribution in [3.63, 3.8) is 0 Å². The smallest absolute Gasteiger partial charge is 0.432 e. The molecule has 0 unspecified atom stereocenters. The molecule has 3 N–H and O–H groups in total. The van der Waals surface area contributed by atoms with E-state index in [4.69, 9.17) is 11.6 Å². The molecule has 2 aromatic rings. The number of hydrogen-bond acceptors (Lipinski definition) is 4. The van der Waals surface area contributed by atoms with Gasteiger partial charge in [-0.25, -0.2) is 9.59 Å². The molecule has 0 radical (unpaired) electrons. The minimum absolute atomic E-state index is 0.182. The summed E-state index contributed by atoms with van der Waals surface area (Å²) in [5.41, 5.74) is -3.76. The normalized spacial score (nSPS) is 13.3. The third kappa shape index (κ3) is 4.99. The number of halogens is 4. The van der Waals surface area contributed by atoms with Crippen LogP contribution >= 0.6 is 11.6 Å². The zero-order chi connectivity index (χ0) is 21.8. The van der Waals surface area contributed by atoms with E-state index in [0.29, 0.717) is 10.7 Å². The van der Waals surface area contributed by atoms with Crippen molar-refractivity contribution in [1.29, 1.82) is 0 Å². The van der Waals surface area contributed by atoms with Crippen LogP contribution in [0.2, 0.25) is 5.02 Å². The topological polar surface area (TPSA) is 87.7 Å². The first-order valence-corrected chi connectivity index (χ1v) is 8.78. The number of ether oxygens (including phenoxy) is 1. The molecule has 2 amide bonds. The molecular formula is C19H18ClF3N2O4. The Kier molecular flexibility index (Phi) is 6.76. The first-order valence-electron chi connectivity index (χ1n) is 8.40. The number of aliphatic hydroxyl groups is 1. The number of anilines is 2. The second kappa shape index (κ2) is 8.71. The Bertz CT molecular complexity index is 921. The number of amides is 2. The van der Waals surface area contributed by atoms with Crippen LogP contribution in [0.4, 0.5) is 29.3 Å². The maximum atomic E-state index is 13.4. The van der Waals surface area contributed by atoms with Crippen LogP contribution in [0.25, 0.3) is 0 Å². The number of hydrogen-bond donors (Lipinski definition) is 3. The van der Waals surface area contributed by atoms with E-state index in [1.165, 1.54) is 19.9 Å². The van der Waals surface area contributed by atoms with Crippen LogP contribution in [0.3, 0.4) is 0 Å². The lowest BCUT2D eigenvalue weighted by Gasteiger charge is -2.29. The maximum Gasteiger partial charge on any atom is 0.432 e. The van der Waals surface area contributed by atoms with Crippen LogP contribution in [-0.2, 0) is 15.1 Å². The minimum Gasteiger partial charge on any atom is -0.463 e. The standard InChI is InChI=1S/C19H18ClF3N2O4/c1-3-29-16(26)18(28,19(21,22)23)12-7-8-15(11(2)9-12)25-17(27)24-14-6-4-5-13(20)10-14/h4-10,28H,3H2,1-2H3,(H2,24,25,27)/t18-/m1/s1. The quantitative estimate of drug-likeness (QED) is 0.605. The van der Waals surface area contributed by atoms with Gasteiger partial charge in [-0.15, -0.1) is 0 Å². The van der Waals surface area contributed by atoms with Gasteiger partial charge in [0.25, 0.3) is 5.60 Å². The highest BCUT2D eigenvalue weighted by Crippen LogP contribution is 2.41. The summed E-state index contributed by atoms with van der Waals surface area (Å²) < 4.78 is 44.7. The van der Waals surface area contributed by atoms with Crippen LogP contribution in [0.1, 0.15) is 18.1 Å². The number of aryl methyl sites for hydroxylation is 1. The molecule has 2 aromatic carbocycles. The average Bonchev–Trinajstić information content (AvgIpc) is 2.61. The maximum absolute atomic E-state index is 13.4. The van der Waals surface area contributed by atoms with E-state index >= 15 is 0 Å². The molecule has 6 nitrogen and oxygen atoms in total. The largest absolute Gasteiger partial charge is 0.463 e. The molecule has 1 atom stereocenters. The number of alkyl halides is 3. The van der Waals surface area contributed by atoms with Gasteiger partial charge in [0.2, 0.25) is 0 Å². The number of carbonyl (C=O) groups excluding carboxylic acids is 2. The van der Waals surface area contributed by atoms with Crippen molar-refractivity contribution in [2.24, 2.45) is 0 Å². The summed E-state index contributed by atoms with van der Waals surface area (Å²) >= 11 is 5.83. The Hall–Kier alpha value is -2.78. The molecule has 0 spiro atoms. The lowest BCUT2D eigenvalue weighted by atomic mass is 9.91. The molecule has 10 heteroatoms. The lowest BCUT2D eigenvalue weighted by molar-refractivity contribution is -0.267. The van der Waals surface area contributed by atoms with Gasteiger partial charge in [-0.3, -0.25) is 0 Å². The van der Waals surface area contributed by atoms with Crippen molar-refractivity contribution in [1.82, 2.24) is 0 Å². The Morgan fingerprint density at radius 3 is 2.38 bits per heavy atom. The summed E-state index contributed by atoms with van der Waals surface area (Å²) in [5.74, 6) is -1.83. The average molecular weight is 431 g/mol. The summed E-state index contributed by atoms with van der Waals surface area (Å²) in [6.45, 7) is 2.41. The summed E-state index contributed by atoms with van der Waals surface area (Å²) in [4.78, 5) is 23.9. The number of carbonyl (C=O) groups is 2. The molecule has 0 bridgehead atoms. The van der Waals surface area contributed by atoms with Gasteiger partial charge in [0.1, 0.15) is 0 Å². The third-order valence-electron chi connectivity index (χ3n) is 3.96. The van der Waals surface area contributed by atoms with Gasteiger partial charge in [0.15, 0.2) is 0 Å². The molecule has 156 valence electrons. The third-order valence-corrected chi connectivity index (χ3v) is 4.19. The highest BCUT2D eigenvalue weighted by atomic mass is 35.5. The van der Waals surface area contributed by atoms with Crippen LogP contribution in [-0.4, -0.2) is 29.9 Å². The van der Waals surface area contributed by atoms with E-state index in [1.54, 1.807) is 18.2 Å². The van der Waals surface area contributed by atoms with Crippen molar-refractivity contribution in [3.8, 4) is 0 Å². The fraction of sp³-hybridized carbons (Fsp3) is 0.263. The van der Waals surface area contributed by atoms with Crippen LogP contribution in [0, 0.1) is 6.92 Å². The van der Waals surface area contributed by atoms with Crippen molar-refractivity contribution in [2.45, 2.75) is 25.6 Å². The van der Waals surface area contributed by atoms with Crippen LogP contribution < -0.4 is 10.6 Å². The fourth-order valence-electron chi connectivity index (χ4n) is 2.51. The number of rotatable bonds is 5. The van der Waals surface area contributed by atoms with Crippen molar-refractivity contribution >= 4 is 35.0 Å². The van der Waals surface area contributed by atoms with Crippen LogP contribution in [0.15, 0.2) is 42.5 Å². The summed E-state index contributed by atoms with van der Waals surface area (Å²) in [5, 5.41) is 15.5. The molecule has 0 fully saturated rings. The molecule has 29 heavy (non-hydrogen) atoms. The SMILES string of the molecule is CCOC(=O)[C@](O)(c1ccc(NC(=O)Nc2cccc(Cl)c2)c(C)c1)C(F)(F)F. The minimum atomic E-state index is -5.30. The number of nitrogens with one attached hydrogen (secondary N) is 2. The van der Waals surface area contributed by atoms with Gasteiger partial charge >= 0.3 is 18.2 Å². The summed E-state index contributed by atoms with van der Waals surface area (Å²) in [7, 11) is 0. The Morgan fingerprint density at radius 1 is 1.14 bits per heavy atom. The molecule has 0 saturated heterocycles. The predicted molar refractivity (Wildman–Crippen MR) is 102 cm³/mol. The number of benzene rings is 2. The molecular weight excluding hydrogens is 413 g/mol. The first kappa shape index (κ1) is 22.5. The monoisotopic (exact) mass is 430 g/mol. The van der Waals surface area contributed by atoms with Crippen molar-refractivity contribution < 1.29 is 32.6 Å². The Balaban J connectivity index is 2.26. The molecule has 0 aromatic heterocycles. The van der Waals surface area contributed by atoms with E-state index in [0.717, 1.165) is 18.2 Å². The molecule has 2 rings (SSSR count). The second-order valence-electron chi connectivity index (χ2n) is 6.05. The molecule has 0 aliphatic rings. The van der Waals surface area contributed by atoms with E-state index in [2.05, 4.69) is 15.4 Å². The fourth-order valence-corrected chi connectivity index (χ4v) is 2.70. The molecule has 0 aliphatic heterocycles. The zero-order valence-corrected chi connectivity index (χ0v) is 16.2. The van der Waals surface area contributed by atoms with Gasteiger partial charge in [0.05, 0.1) is 6.61 Å². The first-order chi connectivity index (χ1) is 13.5. The highest BCUT2D eigenvalue weighted by molar-refractivity contribution is 6.30. The van der Waals surface area contributed by atoms with E-state index in [-0.39, 0.29) is 17.9 Å². The molecule has 0 saturated carbocycles. The van der Waals surface area contributed by atoms with Gasteiger partial charge in [0, 0.05) is 22.0 Å². The zero-order valence-electron chi connectivity index (χ0n) is 15.4. The Morgan fingerprint density at radius 2 is 1.83 bits per heavy atom. The van der Waals surface area contributed by atoms with Gasteiger partial charge in [-0.2, -0.15) is 13.2 Å². The van der Waals surface area contributed by atoms with Gasteiger partial charge < -0.3 is 20.5 Å². The number of esters is 1. The van der Waals surface area contributed by atoms with E-state index in [9.17, 15) is 27.9 Å². The van der Waals surface area contributed by atoms with Crippen LogP contribution in [0.5, 0.6) is 0 Å². The van der Waals surface area contributed by atoms with Crippen molar-refractivity contribution in [3.05, 3.63) is 58.6 Å². The van der Waals surface area contributed by atoms with Gasteiger partial charge in [-0.05, 0) is 43.7 Å². The predicted octanol–water partition coefficient (Wildman–Crippen LogP) is 4.61. The van der Waals surface area contributed by atoms with Crippen molar-refractivity contribution in [2.75, 3.05) is 17.2 Å². The van der Waals surface area contributed by atoms with E-state index in [1.807, 2.05) is 0 Å².